The molecular formula is C21H28BN3O5S. The Labute approximate surface area is 183 Å². The highest BCUT2D eigenvalue weighted by molar-refractivity contribution is 7.89. The van der Waals surface area contributed by atoms with E-state index in [4.69, 9.17) is 15.0 Å². The molecule has 3 heterocycles. The summed E-state index contributed by atoms with van der Waals surface area (Å²) in [4.78, 5) is 15.4. The molecule has 2 aliphatic rings. The fourth-order valence-corrected chi connectivity index (χ4v) is 5.47. The Morgan fingerprint density at radius 1 is 1.35 bits per heavy atom. The van der Waals surface area contributed by atoms with Crippen molar-refractivity contribution >= 4 is 39.4 Å². The first-order valence-electron chi connectivity index (χ1n) is 10.5. The lowest BCUT2D eigenvalue weighted by molar-refractivity contribution is 0.100. The van der Waals surface area contributed by atoms with Crippen LogP contribution in [0.5, 0.6) is 0 Å². The second kappa shape index (κ2) is 7.68. The Morgan fingerprint density at radius 3 is 2.58 bits per heavy atom. The quantitative estimate of drug-likeness (QED) is 0.682. The monoisotopic (exact) mass is 445 g/mol. The molecule has 2 aliphatic heterocycles. The van der Waals surface area contributed by atoms with Crippen LogP contribution in [0, 0.1) is 0 Å². The molecular weight excluding hydrogens is 417 g/mol. The predicted molar refractivity (Wildman–Crippen MR) is 121 cm³/mol. The van der Waals surface area contributed by atoms with Gasteiger partial charge in [0.1, 0.15) is 5.60 Å². The third-order valence-corrected chi connectivity index (χ3v) is 8.24. The number of hydrogen-bond acceptors (Lipinski definition) is 5. The number of hydrogen-bond donors (Lipinski definition) is 2. The van der Waals surface area contributed by atoms with Crippen molar-refractivity contribution in [2.75, 3.05) is 18.8 Å². The number of benzene rings is 1. The molecule has 0 unspecified atom stereocenters. The fourth-order valence-electron chi connectivity index (χ4n) is 4.34. The van der Waals surface area contributed by atoms with Crippen molar-refractivity contribution in [1.29, 1.82) is 0 Å². The van der Waals surface area contributed by atoms with E-state index in [1.54, 1.807) is 17.3 Å². The van der Waals surface area contributed by atoms with Gasteiger partial charge in [-0.3, -0.25) is 4.79 Å². The van der Waals surface area contributed by atoms with Gasteiger partial charge in [-0.05, 0) is 56.6 Å². The number of piperidine rings is 1. The number of rotatable bonds is 5. The van der Waals surface area contributed by atoms with Gasteiger partial charge in [-0.15, -0.1) is 0 Å². The summed E-state index contributed by atoms with van der Waals surface area (Å²) in [7, 11) is -3.86. The maximum absolute atomic E-state index is 12.2. The number of carbonyl (C=O) groups excluding carboxylic acids is 1. The van der Waals surface area contributed by atoms with E-state index in [-0.39, 0.29) is 11.7 Å². The smallest absolute Gasteiger partial charge is 0.534 e. The molecule has 10 heteroatoms. The van der Waals surface area contributed by atoms with Crippen LogP contribution in [0.15, 0.2) is 30.7 Å². The summed E-state index contributed by atoms with van der Waals surface area (Å²) in [6, 6.07) is 3.66. The van der Waals surface area contributed by atoms with Crippen LogP contribution >= 0.6 is 0 Å². The van der Waals surface area contributed by atoms with Gasteiger partial charge in [0.15, 0.2) is 0 Å². The third kappa shape index (κ3) is 3.88. The maximum Gasteiger partial charge on any atom is 0.563 e. The van der Waals surface area contributed by atoms with E-state index < -0.39 is 28.6 Å². The van der Waals surface area contributed by atoms with Crippen LogP contribution in [-0.4, -0.2) is 55.2 Å². The standard InChI is InChI=1S/C21H28BN3O5S/c1-5-31(27,28)25-8-6-14(7-9-25)18-12-24-19-16(18)10-15(11-17(19)20(23)26)22-29-13(2)21(3,4)30-22/h10-12,14,24H,2,5-9H2,1,3-4H3,(H2,23,26). The lowest BCUT2D eigenvalue weighted by atomic mass is 9.76. The number of aromatic nitrogens is 1. The number of amides is 1. The Morgan fingerprint density at radius 2 is 2.03 bits per heavy atom. The lowest BCUT2D eigenvalue weighted by Crippen LogP contribution is -2.38. The minimum atomic E-state index is -3.19. The Hall–Kier alpha value is -2.30. The van der Waals surface area contributed by atoms with E-state index in [9.17, 15) is 13.2 Å². The Balaban J connectivity index is 1.69. The number of H-pyrrole nitrogens is 1. The van der Waals surface area contributed by atoms with Gasteiger partial charge in [0.2, 0.25) is 10.0 Å². The molecule has 2 fully saturated rings. The van der Waals surface area contributed by atoms with Gasteiger partial charge in [0.25, 0.3) is 5.91 Å². The number of nitrogens with two attached hydrogens (primary N) is 1. The fraction of sp³-hybridized carbons (Fsp3) is 0.476. The Bertz CT molecular complexity index is 1150. The second-order valence-electron chi connectivity index (χ2n) is 8.67. The summed E-state index contributed by atoms with van der Waals surface area (Å²) in [5.41, 5.74) is 7.81. The van der Waals surface area contributed by atoms with Gasteiger partial charge in [0, 0.05) is 24.7 Å². The van der Waals surface area contributed by atoms with Crippen LogP contribution in [0.3, 0.4) is 0 Å². The highest BCUT2D eigenvalue weighted by Gasteiger charge is 2.43. The van der Waals surface area contributed by atoms with Crippen molar-refractivity contribution in [3.63, 3.8) is 0 Å². The van der Waals surface area contributed by atoms with Crippen molar-refractivity contribution < 1.29 is 22.5 Å². The molecule has 2 saturated heterocycles. The van der Waals surface area contributed by atoms with Crippen LogP contribution in [0.1, 0.15) is 55.5 Å². The number of carbonyl (C=O) groups is 1. The number of aromatic amines is 1. The largest absolute Gasteiger partial charge is 0.563 e. The maximum atomic E-state index is 12.2. The first kappa shape index (κ1) is 21.9. The van der Waals surface area contributed by atoms with Crippen molar-refractivity contribution in [3.05, 3.63) is 41.8 Å². The Kier molecular flexibility index (Phi) is 5.43. The highest BCUT2D eigenvalue weighted by Crippen LogP contribution is 2.35. The molecule has 1 aromatic heterocycles. The van der Waals surface area contributed by atoms with Crippen LogP contribution < -0.4 is 11.2 Å². The zero-order valence-corrected chi connectivity index (χ0v) is 18.9. The minimum absolute atomic E-state index is 0.110. The number of nitrogens with zero attached hydrogens (tertiary/aromatic N) is 1. The van der Waals surface area contributed by atoms with E-state index >= 15 is 0 Å². The normalized spacial score (nSPS) is 20.4. The van der Waals surface area contributed by atoms with Crippen molar-refractivity contribution in [2.45, 2.75) is 45.1 Å². The summed E-state index contributed by atoms with van der Waals surface area (Å²) in [6.45, 7) is 10.3. The molecule has 8 nitrogen and oxygen atoms in total. The van der Waals surface area contributed by atoms with Gasteiger partial charge >= 0.3 is 7.12 Å². The predicted octanol–water partition coefficient (Wildman–Crippen LogP) is 1.83. The number of fused-ring (bicyclic) bond motifs is 1. The molecule has 166 valence electrons. The zero-order valence-electron chi connectivity index (χ0n) is 18.1. The number of primary amides is 1. The summed E-state index contributed by atoms with van der Waals surface area (Å²) in [5.74, 6) is 0.265. The minimum Gasteiger partial charge on any atom is -0.534 e. The molecule has 0 aliphatic carbocycles. The van der Waals surface area contributed by atoms with E-state index in [1.165, 1.54) is 0 Å². The van der Waals surface area contributed by atoms with Gasteiger partial charge in [0.05, 0.1) is 22.6 Å². The second-order valence-corrected chi connectivity index (χ2v) is 10.9. The first-order chi connectivity index (χ1) is 14.5. The van der Waals surface area contributed by atoms with Crippen LogP contribution in [0.25, 0.3) is 10.9 Å². The van der Waals surface area contributed by atoms with Gasteiger partial charge in [-0.2, -0.15) is 0 Å². The summed E-state index contributed by atoms with van der Waals surface area (Å²) < 4.78 is 37.7. The molecule has 31 heavy (non-hydrogen) atoms. The van der Waals surface area contributed by atoms with E-state index in [2.05, 4.69) is 11.6 Å². The number of sulfonamides is 1. The first-order valence-corrected chi connectivity index (χ1v) is 12.1. The average molecular weight is 445 g/mol. The summed E-state index contributed by atoms with van der Waals surface area (Å²) >= 11 is 0. The van der Waals surface area contributed by atoms with Crippen molar-refractivity contribution in [1.82, 2.24) is 9.29 Å². The molecule has 0 spiro atoms. The molecule has 0 saturated carbocycles. The zero-order chi connectivity index (χ0) is 22.6. The van der Waals surface area contributed by atoms with Crippen LogP contribution in [0.2, 0.25) is 0 Å². The molecule has 0 atom stereocenters. The number of nitrogens with one attached hydrogen (secondary N) is 1. The van der Waals surface area contributed by atoms with E-state index in [0.717, 1.165) is 10.9 Å². The third-order valence-electron chi connectivity index (χ3n) is 6.36. The summed E-state index contributed by atoms with van der Waals surface area (Å²) in [6.07, 6.45) is 3.32. The topological polar surface area (TPSA) is 115 Å². The molecule has 4 rings (SSSR count). The van der Waals surface area contributed by atoms with Gasteiger partial charge in [-0.25, -0.2) is 12.7 Å². The average Bonchev–Trinajstić information content (AvgIpc) is 3.27. The lowest BCUT2D eigenvalue weighted by Gasteiger charge is -2.31. The van der Waals surface area contributed by atoms with Crippen LogP contribution in [0.4, 0.5) is 0 Å². The van der Waals surface area contributed by atoms with Crippen LogP contribution in [-0.2, 0) is 19.3 Å². The molecule has 0 radical (unpaired) electrons. The molecule has 0 bridgehead atoms. The van der Waals surface area contributed by atoms with Gasteiger partial charge in [-0.1, -0.05) is 12.6 Å². The van der Waals surface area contributed by atoms with E-state index in [1.807, 2.05) is 26.1 Å². The van der Waals surface area contributed by atoms with E-state index in [0.29, 0.717) is 48.2 Å². The van der Waals surface area contributed by atoms with Gasteiger partial charge < -0.3 is 20.0 Å². The van der Waals surface area contributed by atoms with Crippen molar-refractivity contribution in [3.8, 4) is 0 Å². The summed E-state index contributed by atoms with van der Waals surface area (Å²) in [5, 5.41) is 0.880. The van der Waals surface area contributed by atoms with Crippen molar-refractivity contribution in [2.24, 2.45) is 5.73 Å². The SMILES string of the molecule is C=C1OB(c2cc(C(N)=O)c3[nH]cc(C4CCN(S(=O)(=O)CC)CC4)c3c2)OC1(C)C. The molecule has 2 aromatic rings. The highest BCUT2D eigenvalue weighted by atomic mass is 32.2. The molecule has 3 N–H and O–H groups in total. The molecule has 1 amide bonds. The molecule has 1 aromatic carbocycles.